The van der Waals surface area contributed by atoms with Crippen LogP contribution < -0.4 is 5.73 Å². The number of hydrogen-bond donors (Lipinski definition) is 1. The van der Waals surface area contributed by atoms with Crippen LogP contribution in [0.4, 0.5) is 4.39 Å². The molecule has 1 atom stereocenters. The minimum absolute atomic E-state index is 0.258. The Kier molecular flexibility index (Phi) is 3.39. The van der Waals surface area contributed by atoms with Crippen molar-refractivity contribution in [2.45, 2.75) is 6.04 Å². The Bertz CT molecular complexity index is 738. The molecule has 0 saturated carbocycles. The first kappa shape index (κ1) is 12.8. The predicted octanol–water partition coefficient (Wildman–Crippen LogP) is 4.85. The lowest BCUT2D eigenvalue weighted by Crippen LogP contribution is -2.12. The molecule has 0 bridgehead atoms. The van der Waals surface area contributed by atoms with E-state index in [-0.39, 0.29) is 11.9 Å². The fourth-order valence-electron chi connectivity index (χ4n) is 2.16. The van der Waals surface area contributed by atoms with Crippen LogP contribution in [0.3, 0.4) is 0 Å². The molecule has 1 heterocycles. The van der Waals surface area contributed by atoms with Crippen molar-refractivity contribution in [1.82, 2.24) is 0 Å². The molecule has 19 heavy (non-hydrogen) atoms. The van der Waals surface area contributed by atoms with Gasteiger partial charge >= 0.3 is 0 Å². The summed E-state index contributed by atoms with van der Waals surface area (Å²) in [4.78, 5) is 0. The largest absolute Gasteiger partial charge is 0.320 e. The molecule has 2 N–H and O–H groups in total. The molecule has 0 aliphatic heterocycles. The summed E-state index contributed by atoms with van der Waals surface area (Å²) in [5, 5.41) is 3.24. The molecule has 3 rings (SSSR count). The first-order valence-corrected chi connectivity index (χ1v) is 7.51. The van der Waals surface area contributed by atoms with Crippen LogP contribution in [0.15, 0.2) is 52.3 Å². The molecular weight excluding hydrogens is 325 g/mol. The molecule has 0 spiro atoms. The van der Waals surface area contributed by atoms with Crippen molar-refractivity contribution in [3.8, 4) is 0 Å². The number of halogens is 2. The van der Waals surface area contributed by atoms with Crippen molar-refractivity contribution in [1.29, 1.82) is 0 Å². The van der Waals surface area contributed by atoms with Crippen LogP contribution >= 0.6 is 27.3 Å². The van der Waals surface area contributed by atoms with Crippen molar-refractivity contribution in [3.05, 3.63) is 69.3 Å². The summed E-state index contributed by atoms with van der Waals surface area (Å²) in [5.41, 5.74) is 8.30. The predicted molar refractivity (Wildman–Crippen MR) is 82.0 cm³/mol. The van der Waals surface area contributed by atoms with E-state index < -0.39 is 0 Å². The van der Waals surface area contributed by atoms with Crippen LogP contribution in [0.5, 0.6) is 0 Å². The average Bonchev–Trinajstić information content (AvgIpc) is 2.82. The number of benzene rings is 2. The fraction of sp³-hybridized carbons (Fsp3) is 0.0667. The zero-order chi connectivity index (χ0) is 13.4. The molecule has 2 aromatic carbocycles. The summed E-state index contributed by atoms with van der Waals surface area (Å²) in [7, 11) is 0. The third-order valence-corrected chi connectivity index (χ3v) is 4.81. The summed E-state index contributed by atoms with van der Waals surface area (Å²) in [6.45, 7) is 0. The van der Waals surface area contributed by atoms with Gasteiger partial charge in [0.2, 0.25) is 0 Å². The van der Waals surface area contributed by atoms with Crippen LogP contribution in [0.1, 0.15) is 17.2 Å². The molecule has 1 nitrogen and oxygen atoms in total. The summed E-state index contributed by atoms with van der Waals surface area (Å²) < 4.78 is 15.1. The van der Waals surface area contributed by atoms with Crippen LogP contribution in [0.25, 0.3) is 10.1 Å². The van der Waals surface area contributed by atoms with Gasteiger partial charge in [0.25, 0.3) is 0 Å². The topological polar surface area (TPSA) is 26.0 Å². The third kappa shape index (κ3) is 2.31. The standard InChI is InChI=1S/C15H11BrFNS/c16-13-7-9(17)5-6-11(13)15(18)12-8-19-14-4-2-1-3-10(12)14/h1-8,15H,18H2. The van der Waals surface area contributed by atoms with Gasteiger partial charge in [-0.1, -0.05) is 40.2 Å². The molecule has 0 radical (unpaired) electrons. The second kappa shape index (κ2) is 5.04. The van der Waals surface area contributed by atoms with Gasteiger partial charge in [-0.05, 0) is 40.1 Å². The SMILES string of the molecule is NC(c1ccc(F)cc1Br)c1csc2ccccc12. The Morgan fingerprint density at radius 3 is 2.68 bits per heavy atom. The monoisotopic (exact) mass is 335 g/mol. The van der Waals surface area contributed by atoms with Gasteiger partial charge in [0, 0.05) is 9.17 Å². The summed E-state index contributed by atoms with van der Waals surface area (Å²) in [6.07, 6.45) is 0. The van der Waals surface area contributed by atoms with Crippen molar-refractivity contribution in [2.24, 2.45) is 5.73 Å². The highest BCUT2D eigenvalue weighted by Crippen LogP contribution is 2.34. The molecular formula is C15H11BrFNS. The molecule has 0 amide bonds. The van der Waals surface area contributed by atoms with Gasteiger partial charge in [-0.15, -0.1) is 11.3 Å². The molecule has 4 heteroatoms. The van der Waals surface area contributed by atoms with Gasteiger partial charge < -0.3 is 5.73 Å². The lowest BCUT2D eigenvalue weighted by atomic mass is 9.99. The van der Waals surface area contributed by atoms with E-state index in [2.05, 4.69) is 33.4 Å². The van der Waals surface area contributed by atoms with E-state index in [4.69, 9.17) is 5.73 Å². The summed E-state index contributed by atoms with van der Waals surface area (Å²) in [5.74, 6) is -0.266. The maximum Gasteiger partial charge on any atom is 0.124 e. The Hall–Kier alpha value is -1.23. The zero-order valence-corrected chi connectivity index (χ0v) is 12.3. The van der Waals surface area contributed by atoms with Gasteiger partial charge in [-0.25, -0.2) is 4.39 Å². The van der Waals surface area contributed by atoms with Crippen molar-refractivity contribution >= 4 is 37.4 Å². The van der Waals surface area contributed by atoms with Gasteiger partial charge in [0.05, 0.1) is 6.04 Å². The van der Waals surface area contributed by atoms with Crippen LogP contribution in [0, 0.1) is 5.82 Å². The smallest absolute Gasteiger partial charge is 0.124 e. The molecule has 0 aliphatic rings. The molecule has 96 valence electrons. The van der Waals surface area contributed by atoms with Crippen LogP contribution in [-0.4, -0.2) is 0 Å². The van der Waals surface area contributed by atoms with Gasteiger partial charge in [-0.2, -0.15) is 0 Å². The Morgan fingerprint density at radius 2 is 1.89 bits per heavy atom. The number of nitrogens with two attached hydrogens (primary N) is 1. The fourth-order valence-corrected chi connectivity index (χ4v) is 3.76. The molecule has 1 unspecified atom stereocenters. The molecule has 0 aliphatic carbocycles. The zero-order valence-electron chi connectivity index (χ0n) is 9.94. The lowest BCUT2D eigenvalue weighted by molar-refractivity contribution is 0.625. The normalized spacial score (nSPS) is 12.8. The van der Waals surface area contributed by atoms with E-state index >= 15 is 0 Å². The second-order valence-electron chi connectivity index (χ2n) is 4.33. The molecule has 0 saturated heterocycles. The van der Waals surface area contributed by atoms with E-state index in [0.29, 0.717) is 4.47 Å². The summed E-state index contributed by atoms with van der Waals surface area (Å²) >= 11 is 5.06. The van der Waals surface area contributed by atoms with E-state index in [9.17, 15) is 4.39 Å². The lowest BCUT2D eigenvalue weighted by Gasteiger charge is -2.13. The summed E-state index contributed by atoms with van der Waals surface area (Å²) in [6, 6.07) is 12.5. The van der Waals surface area contributed by atoms with E-state index in [1.54, 1.807) is 17.4 Å². The maximum absolute atomic E-state index is 13.1. The highest BCUT2D eigenvalue weighted by Gasteiger charge is 2.16. The number of thiophene rings is 1. The maximum atomic E-state index is 13.1. The van der Waals surface area contributed by atoms with E-state index in [1.165, 1.54) is 16.8 Å². The molecule has 1 aromatic heterocycles. The van der Waals surface area contributed by atoms with Crippen molar-refractivity contribution in [3.63, 3.8) is 0 Å². The van der Waals surface area contributed by atoms with E-state index in [0.717, 1.165) is 16.5 Å². The Balaban J connectivity index is 2.10. The third-order valence-electron chi connectivity index (χ3n) is 3.14. The van der Waals surface area contributed by atoms with Crippen molar-refractivity contribution < 1.29 is 4.39 Å². The highest BCUT2D eigenvalue weighted by molar-refractivity contribution is 9.10. The van der Waals surface area contributed by atoms with E-state index in [1.807, 2.05) is 12.1 Å². The van der Waals surface area contributed by atoms with Crippen molar-refractivity contribution in [2.75, 3.05) is 0 Å². The average molecular weight is 336 g/mol. The minimum Gasteiger partial charge on any atom is -0.320 e. The number of rotatable bonds is 2. The minimum atomic E-state index is -0.266. The van der Waals surface area contributed by atoms with Crippen LogP contribution in [0.2, 0.25) is 0 Å². The van der Waals surface area contributed by atoms with Gasteiger partial charge in [0.15, 0.2) is 0 Å². The molecule has 3 aromatic rings. The van der Waals surface area contributed by atoms with Crippen LogP contribution in [-0.2, 0) is 0 Å². The highest BCUT2D eigenvalue weighted by atomic mass is 79.9. The Labute approximate surface area is 123 Å². The number of hydrogen-bond acceptors (Lipinski definition) is 2. The van der Waals surface area contributed by atoms with Gasteiger partial charge in [-0.3, -0.25) is 0 Å². The Morgan fingerprint density at radius 1 is 1.11 bits per heavy atom. The number of fused-ring (bicyclic) bond motifs is 1. The second-order valence-corrected chi connectivity index (χ2v) is 6.10. The quantitative estimate of drug-likeness (QED) is 0.711. The molecule has 0 fully saturated rings. The van der Waals surface area contributed by atoms with Gasteiger partial charge in [0.1, 0.15) is 5.82 Å². The first-order chi connectivity index (χ1) is 9.16. The first-order valence-electron chi connectivity index (χ1n) is 5.83.